The number of hydrogen-bond acceptors (Lipinski definition) is 4. The normalized spacial score (nSPS) is 11.0. The molecular formula is C20H22N2O4S. The maximum absolute atomic E-state index is 12.2. The van der Waals surface area contributed by atoms with E-state index in [2.05, 4.69) is 16.0 Å². The van der Waals surface area contributed by atoms with E-state index in [0.717, 1.165) is 11.3 Å². The predicted octanol–water partition coefficient (Wildman–Crippen LogP) is 2.32. The number of carbonyl (C=O) groups is 1. The van der Waals surface area contributed by atoms with Gasteiger partial charge < -0.3 is 10.1 Å². The van der Waals surface area contributed by atoms with Gasteiger partial charge in [0, 0.05) is 12.1 Å². The Bertz CT molecular complexity index is 912. The van der Waals surface area contributed by atoms with Gasteiger partial charge in [-0.15, -0.1) is 6.42 Å². The van der Waals surface area contributed by atoms with Crippen LogP contribution in [0.1, 0.15) is 29.8 Å². The van der Waals surface area contributed by atoms with Crippen LogP contribution < -0.4 is 14.8 Å². The molecule has 0 saturated heterocycles. The highest BCUT2D eigenvalue weighted by atomic mass is 32.2. The molecule has 0 atom stereocenters. The molecule has 0 aliphatic rings. The molecule has 0 bridgehead atoms. The number of sulfonamides is 1. The van der Waals surface area contributed by atoms with Gasteiger partial charge in [-0.25, -0.2) is 8.42 Å². The first-order valence-corrected chi connectivity index (χ1v) is 9.87. The van der Waals surface area contributed by atoms with Crippen LogP contribution >= 0.6 is 0 Å². The maximum atomic E-state index is 12.2. The Kier molecular flexibility index (Phi) is 6.99. The van der Waals surface area contributed by atoms with Gasteiger partial charge >= 0.3 is 0 Å². The van der Waals surface area contributed by atoms with E-state index in [-0.39, 0.29) is 23.5 Å². The maximum Gasteiger partial charge on any atom is 0.251 e. The van der Waals surface area contributed by atoms with Gasteiger partial charge in [0.05, 0.1) is 17.5 Å². The van der Waals surface area contributed by atoms with Crippen LogP contribution in [0.25, 0.3) is 0 Å². The van der Waals surface area contributed by atoms with E-state index < -0.39 is 10.0 Å². The van der Waals surface area contributed by atoms with Gasteiger partial charge in [-0.3, -0.25) is 4.79 Å². The molecule has 0 spiro atoms. The molecule has 0 aliphatic carbocycles. The fourth-order valence-corrected chi connectivity index (χ4v) is 3.18. The second kappa shape index (κ2) is 9.21. The summed E-state index contributed by atoms with van der Waals surface area (Å²) in [6.45, 7) is 4.17. The zero-order valence-corrected chi connectivity index (χ0v) is 16.0. The van der Waals surface area contributed by atoms with Crippen molar-refractivity contribution in [3.8, 4) is 18.1 Å². The summed E-state index contributed by atoms with van der Waals surface area (Å²) in [6.07, 6.45) is 5.15. The number of ether oxygens (including phenoxy) is 1. The van der Waals surface area contributed by atoms with E-state index in [4.69, 9.17) is 11.2 Å². The Morgan fingerprint density at radius 1 is 1.11 bits per heavy atom. The molecule has 6 nitrogen and oxygen atoms in total. The average Bonchev–Trinajstić information content (AvgIpc) is 2.65. The molecule has 2 rings (SSSR count). The van der Waals surface area contributed by atoms with Crippen LogP contribution in [0.5, 0.6) is 5.75 Å². The molecule has 0 unspecified atom stereocenters. The Balaban J connectivity index is 1.95. The minimum Gasteiger partial charge on any atom is -0.491 e. The number of carbonyl (C=O) groups excluding carboxylic acids is 1. The number of rotatable bonds is 8. The fraction of sp³-hybridized carbons (Fsp3) is 0.250. The largest absolute Gasteiger partial charge is 0.491 e. The Morgan fingerprint density at radius 2 is 1.74 bits per heavy atom. The van der Waals surface area contributed by atoms with Crippen LogP contribution in [-0.2, 0) is 16.6 Å². The third-order valence-electron chi connectivity index (χ3n) is 3.54. The summed E-state index contributed by atoms with van der Waals surface area (Å²) in [5.74, 6) is 2.69. The lowest BCUT2D eigenvalue weighted by Crippen LogP contribution is -2.25. The summed E-state index contributed by atoms with van der Waals surface area (Å²) >= 11 is 0. The average molecular weight is 386 g/mol. The minimum absolute atomic E-state index is 0.0510. The summed E-state index contributed by atoms with van der Waals surface area (Å²) in [5, 5.41) is 2.80. The van der Waals surface area contributed by atoms with E-state index in [9.17, 15) is 13.2 Å². The highest BCUT2D eigenvalue weighted by Gasteiger charge is 2.14. The van der Waals surface area contributed by atoms with E-state index in [1.54, 1.807) is 0 Å². The quantitative estimate of drug-likeness (QED) is 0.682. The molecule has 0 radical (unpaired) electrons. The van der Waals surface area contributed by atoms with Crippen molar-refractivity contribution in [3.63, 3.8) is 0 Å². The van der Waals surface area contributed by atoms with Crippen molar-refractivity contribution in [2.45, 2.75) is 31.4 Å². The molecule has 2 aromatic carbocycles. The summed E-state index contributed by atoms with van der Waals surface area (Å²) in [4.78, 5) is 12.3. The third kappa shape index (κ3) is 6.13. The predicted molar refractivity (Wildman–Crippen MR) is 104 cm³/mol. The molecule has 0 fully saturated rings. The standard InChI is InChI=1S/C20H22N2O4S/c1-4-13-22-27(24,25)19-11-7-17(8-12-19)20(23)21-14-16-5-9-18(10-6-16)26-15(2)3/h1,5-12,15,22H,13-14H2,2-3H3,(H,21,23). The van der Waals surface area contributed by atoms with Crippen LogP contribution in [0.2, 0.25) is 0 Å². The van der Waals surface area contributed by atoms with Crippen LogP contribution in [-0.4, -0.2) is 27.0 Å². The first-order valence-electron chi connectivity index (χ1n) is 8.39. The smallest absolute Gasteiger partial charge is 0.251 e. The number of nitrogens with one attached hydrogen (secondary N) is 2. The lowest BCUT2D eigenvalue weighted by atomic mass is 10.2. The Labute approximate surface area is 160 Å². The summed E-state index contributed by atoms with van der Waals surface area (Å²) in [6, 6.07) is 13.1. The fourth-order valence-electron chi connectivity index (χ4n) is 2.25. The summed E-state index contributed by atoms with van der Waals surface area (Å²) in [7, 11) is -3.67. The first-order chi connectivity index (χ1) is 12.8. The number of terminal acetylenes is 1. The topological polar surface area (TPSA) is 84.5 Å². The molecule has 0 aromatic heterocycles. The van der Waals surface area contributed by atoms with Gasteiger partial charge in [-0.2, -0.15) is 4.72 Å². The van der Waals surface area contributed by atoms with Crippen molar-refractivity contribution < 1.29 is 17.9 Å². The first kappa shape index (κ1) is 20.5. The molecule has 0 heterocycles. The monoisotopic (exact) mass is 386 g/mol. The van der Waals surface area contributed by atoms with Gasteiger partial charge in [0.15, 0.2) is 0 Å². The van der Waals surface area contributed by atoms with Crippen molar-refractivity contribution in [3.05, 3.63) is 59.7 Å². The van der Waals surface area contributed by atoms with E-state index in [0.29, 0.717) is 12.1 Å². The Morgan fingerprint density at radius 3 is 2.30 bits per heavy atom. The second-order valence-electron chi connectivity index (χ2n) is 6.05. The van der Waals surface area contributed by atoms with Crippen molar-refractivity contribution in [1.82, 2.24) is 10.0 Å². The van der Waals surface area contributed by atoms with Crippen LogP contribution in [0.3, 0.4) is 0 Å². The van der Waals surface area contributed by atoms with Gasteiger partial charge in [-0.1, -0.05) is 18.1 Å². The van der Waals surface area contributed by atoms with E-state index in [1.807, 2.05) is 38.1 Å². The molecule has 0 saturated carbocycles. The minimum atomic E-state index is -3.67. The van der Waals surface area contributed by atoms with Gasteiger partial charge in [0.2, 0.25) is 10.0 Å². The van der Waals surface area contributed by atoms with Crippen molar-refractivity contribution in [1.29, 1.82) is 0 Å². The molecule has 7 heteroatoms. The summed E-state index contributed by atoms with van der Waals surface area (Å²) in [5.41, 5.74) is 1.29. The lowest BCUT2D eigenvalue weighted by molar-refractivity contribution is 0.0951. The zero-order valence-electron chi connectivity index (χ0n) is 15.2. The van der Waals surface area contributed by atoms with Gasteiger partial charge in [-0.05, 0) is 55.8 Å². The molecule has 0 aliphatic heterocycles. The molecule has 142 valence electrons. The summed E-state index contributed by atoms with van der Waals surface area (Å²) < 4.78 is 31.8. The van der Waals surface area contributed by atoms with Crippen molar-refractivity contribution in [2.24, 2.45) is 0 Å². The van der Waals surface area contributed by atoms with Crippen LogP contribution in [0, 0.1) is 12.3 Å². The molecule has 2 aromatic rings. The Hall–Kier alpha value is -2.82. The lowest BCUT2D eigenvalue weighted by Gasteiger charge is -2.10. The highest BCUT2D eigenvalue weighted by molar-refractivity contribution is 7.89. The molecule has 1 amide bonds. The SMILES string of the molecule is C#CCNS(=O)(=O)c1ccc(C(=O)NCc2ccc(OC(C)C)cc2)cc1. The van der Waals surface area contributed by atoms with Gasteiger partial charge in [0.1, 0.15) is 5.75 Å². The number of benzene rings is 2. The van der Waals surface area contributed by atoms with Gasteiger partial charge in [0.25, 0.3) is 5.91 Å². The second-order valence-corrected chi connectivity index (χ2v) is 7.81. The number of amides is 1. The van der Waals surface area contributed by atoms with Crippen LogP contribution in [0.4, 0.5) is 0 Å². The van der Waals surface area contributed by atoms with Crippen molar-refractivity contribution >= 4 is 15.9 Å². The van der Waals surface area contributed by atoms with E-state index >= 15 is 0 Å². The van der Waals surface area contributed by atoms with E-state index in [1.165, 1.54) is 24.3 Å². The molecular weight excluding hydrogens is 364 g/mol. The third-order valence-corrected chi connectivity index (χ3v) is 4.96. The number of hydrogen-bond donors (Lipinski definition) is 2. The zero-order chi connectivity index (χ0) is 19.9. The molecule has 27 heavy (non-hydrogen) atoms. The van der Waals surface area contributed by atoms with Crippen LogP contribution in [0.15, 0.2) is 53.4 Å². The molecule has 2 N–H and O–H groups in total. The highest BCUT2D eigenvalue weighted by Crippen LogP contribution is 2.14. The van der Waals surface area contributed by atoms with Crippen molar-refractivity contribution in [2.75, 3.05) is 6.54 Å².